The molecule has 8 heteroatoms. The number of ether oxygens (including phenoxy) is 1. The normalized spacial score (nSPS) is 10.6. The monoisotopic (exact) mass is 410 g/mol. The van der Waals surface area contributed by atoms with Crippen LogP contribution in [0.2, 0.25) is 5.02 Å². The number of hydrogen-bond acceptors (Lipinski definition) is 5. The second-order valence-corrected chi connectivity index (χ2v) is 7.43. The molecule has 0 aliphatic carbocycles. The number of fused-ring (bicyclic) bond motifs is 1. The number of esters is 1. The lowest BCUT2D eigenvalue weighted by atomic mass is 10.2. The highest BCUT2D eigenvalue weighted by Gasteiger charge is 2.18. The molecule has 0 fully saturated rings. The van der Waals surface area contributed by atoms with E-state index in [1.807, 2.05) is 24.3 Å². The zero-order valence-electron chi connectivity index (χ0n) is 15.2. The molecule has 1 aromatic heterocycles. The molecule has 0 atom stereocenters. The maximum atomic E-state index is 12.2. The lowest BCUT2D eigenvalue weighted by molar-refractivity contribution is -0.147. The van der Waals surface area contributed by atoms with E-state index in [1.54, 1.807) is 0 Å². The van der Waals surface area contributed by atoms with Crippen LogP contribution in [0.1, 0.15) is 42.3 Å². The highest BCUT2D eigenvalue weighted by molar-refractivity contribution is 7.21. The molecule has 2 N–H and O–H groups in total. The second kappa shape index (κ2) is 10.9. The zero-order valence-corrected chi connectivity index (χ0v) is 16.8. The van der Waals surface area contributed by atoms with Gasteiger partial charge in [0.1, 0.15) is 11.4 Å². The van der Waals surface area contributed by atoms with Gasteiger partial charge in [-0.05, 0) is 12.5 Å². The van der Waals surface area contributed by atoms with Crippen LogP contribution >= 0.6 is 22.9 Å². The van der Waals surface area contributed by atoms with Gasteiger partial charge in [-0.1, -0.05) is 56.0 Å². The van der Waals surface area contributed by atoms with Gasteiger partial charge in [0.15, 0.2) is 6.61 Å². The summed E-state index contributed by atoms with van der Waals surface area (Å²) in [6.45, 7) is 2.00. The highest BCUT2D eigenvalue weighted by atomic mass is 35.5. The summed E-state index contributed by atoms with van der Waals surface area (Å²) in [7, 11) is 0. The minimum Gasteiger partial charge on any atom is -0.454 e. The third-order valence-corrected chi connectivity index (χ3v) is 5.53. The minimum absolute atomic E-state index is 0.326. The molecule has 0 saturated carbocycles. The largest absolute Gasteiger partial charge is 0.454 e. The molecule has 0 spiro atoms. The topological polar surface area (TPSA) is 84.5 Å². The van der Waals surface area contributed by atoms with E-state index in [-0.39, 0.29) is 19.1 Å². The van der Waals surface area contributed by atoms with Crippen LogP contribution in [0, 0.1) is 0 Å². The Morgan fingerprint density at radius 3 is 2.63 bits per heavy atom. The smallest absolute Gasteiger partial charge is 0.325 e. The number of rotatable bonds is 10. The lowest BCUT2D eigenvalue weighted by Crippen LogP contribution is -2.34. The standard InChI is InChI=1S/C19H23ClN2O4S/c1-2-3-4-7-10-21-15(23)12-26-16(24)11-22-19(25)18-17(20)13-8-5-6-9-14(13)27-18/h5-6,8-9H,2-4,7,10-12H2,1H3,(H,21,23)(H,22,25). The van der Waals surface area contributed by atoms with Crippen molar-refractivity contribution in [2.24, 2.45) is 0 Å². The molecule has 146 valence electrons. The van der Waals surface area contributed by atoms with Crippen molar-refractivity contribution in [1.29, 1.82) is 0 Å². The quantitative estimate of drug-likeness (QED) is 0.463. The molecule has 6 nitrogen and oxygen atoms in total. The molecule has 1 heterocycles. The molecule has 0 aliphatic heterocycles. The van der Waals surface area contributed by atoms with Crippen molar-refractivity contribution in [2.75, 3.05) is 19.7 Å². The number of unbranched alkanes of at least 4 members (excludes halogenated alkanes) is 3. The maximum absolute atomic E-state index is 12.2. The van der Waals surface area contributed by atoms with Gasteiger partial charge >= 0.3 is 5.97 Å². The Balaban J connectivity index is 1.71. The number of carbonyl (C=O) groups is 3. The van der Waals surface area contributed by atoms with Gasteiger partial charge in [0.2, 0.25) is 0 Å². The minimum atomic E-state index is -0.679. The van der Waals surface area contributed by atoms with Crippen LogP contribution in [0.25, 0.3) is 10.1 Å². The molecule has 0 unspecified atom stereocenters. The summed E-state index contributed by atoms with van der Waals surface area (Å²) in [5, 5.41) is 6.33. The molecular weight excluding hydrogens is 388 g/mol. The van der Waals surface area contributed by atoms with Crippen molar-refractivity contribution in [3.63, 3.8) is 0 Å². The number of thiophene rings is 1. The molecule has 2 aromatic rings. The average molecular weight is 411 g/mol. The summed E-state index contributed by atoms with van der Waals surface area (Å²) >= 11 is 7.49. The molecular formula is C19H23ClN2O4S. The third-order valence-electron chi connectivity index (χ3n) is 3.85. The molecule has 1 aromatic carbocycles. The molecule has 0 radical (unpaired) electrons. The Bertz CT molecular complexity index is 806. The third kappa shape index (κ3) is 6.52. The first kappa shape index (κ1) is 21.2. The van der Waals surface area contributed by atoms with Crippen molar-refractivity contribution < 1.29 is 19.1 Å². The summed E-state index contributed by atoms with van der Waals surface area (Å²) < 4.78 is 5.76. The Morgan fingerprint density at radius 2 is 1.89 bits per heavy atom. The summed E-state index contributed by atoms with van der Waals surface area (Å²) in [5.41, 5.74) is 0. The molecule has 2 rings (SSSR count). The Labute approximate surface area is 167 Å². The summed E-state index contributed by atoms with van der Waals surface area (Å²) in [6, 6.07) is 7.41. The van der Waals surface area contributed by atoms with Gasteiger partial charge in [0, 0.05) is 16.6 Å². The van der Waals surface area contributed by atoms with E-state index in [0.29, 0.717) is 16.4 Å². The van der Waals surface area contributed by atoms with Crippen LogP contribution < -0.4 is 10.6 Å². The van der Waals surface area contributed by atoms with Crippen molar-refractivity contribution in [3.05, 3.63) is 34.2 Å². The Kier molecular flexibility index (Phi) is 8.54. The van der Waals surface area contributed by atoms with Gasteiger partial charge in [-0.15, -0.1) is 11.3 Å². The predicted octanol–water partition coefficient (Wildman–Crippen LogP) is 3.52. The number of carbonyl (C=O) groups excluding carboxylic acids is 3. The first-order valence-electron chi connectivity index (χ1n) is 8.90. The fraction of sp³-hybridized carbons (Fsp3) is 0.421. The molecule has 0 aliphatic rings. The van der Waals surface area contributed by atoms with Gasteiger partial charge < -0.3 is 15.4 Å². The fourth-order valence-electron chi connectivity index (χ4n) is 2.42. The Morgan fingerprint density at radius 1 is 1.11 bits per heavy atom. The van der Waals surface area contributed by atoms with Crippen LogP contribution in [0.3, 0.4) is 0 Å². The van der Waals surface area contributed by atoms with Crippen LogP contribution in [-0.2, 0) is 14.3 Å². The van der Waals surface area contributed by atoms with E-state index >= 15 is 0 Å². The first-order valence-corrected chi connectivity index (χ1v) is 10.1. The van der Waals surface area contributed by atoms with Crippen molar-refractivity contribution >= 4 is 50.8 Å². The van der Waals surface area contributed by atoms with E-state index < -0.39 is 11.9 Å². The number of halogens is 1. The van der Waals surface area contributed by atoms with E-state index in [4.69, 9.17) is 16.3 Å². The van der Waals surface area contributed by atoms with Gasteiger partial charge in [-0.2, -0.15) is 0 Å². The van der Waals surface area contributed by atoms with Gasteiger partial charge in [-0.25, -0.2) is 0 Å². The van der Waals surface area contributed by atoms with Gasteiger partial charge in [0.25, 0.3) is 11.8 Å². The second-order valence-electron chi connectivity index (χ2n) is 6.00. The SMILES string of the molecule is CCCCCCNC(=O)COC(=O)CNC(=O)c1sc2ccccc2c1Cl. The van der Waals surface area contributed by atoms with Crippen molar-refractivity contribution in [2.45, 2.75) is 32.6 Å². The van der Waals surface area contributed by atoms with E-state index in [9.17, 15) is 14.4 Å². The summed E-state index contributed by atoms with van der Waals surface area (Å²) in [4.78, 5) is 35.9. The molecule has 0 saturated heterocycles. The molecule has 0 bridgehead atoms. The average Bonchev–Trinajstić information content (AvgIpc) is 3.01. The first-order chi connectivity index (χ1) is 13.0. The van der Waals surface area contributed by atoms with E-state index in [0.717, 1.165) is 35.8 Å². The van der Waals surface area contributed by atoms with Crippen LogP contribution in [-0.4, -0.2) is 37.5 Å². The lowest BCUT2D eigenvalue weighted by Gasteiger charge is -2.07. The highest BCUT2D eigenvalue weighted by Crippen LogP contribution is 2.34. The number of amides is 2. The number of benzene rings is 1. The van der Waals surface area contributed by atoms with Crippen LogP contribution in [0.4, 0.5) is 0 Å². The van der Waals surface area contributed by atoms with Gasteiger partial charge in [-0.3, -0.25) is 14.4 Å². The summed E-state index contributed by atoms with van der Waals surface area (Å²) in [6.07, 6.45) is 4.22. The Hall–Kier alpha value is -2.12. The summed E-state index contributed by atoms with van der Waals surface area (Å²) in [5.74, 6) is -1.47. The van der Waals surface area contributed by atoms with Crippen molar-refractivity contribution in [3.8, 4) is 0 Å². The van der Waals surface area contributed by atoms with E-state index in [1.165, 1.54) is 11.3 Å². The molecule has 27 heavy (non-hydrogen) atoms. The van der Waals surface area contributed by atoms with E-state index in [2.05, 4.69) is 17.6 Å². The molecule has 2 amide bonds. The van der Waals surface area contributed by atoms with Crippen LogP contribution in [0.15, 0.2) is 24.3 Å². The fourth-order valence-corrected chi connectivity index (χ4v) is 3.85. The number of hydrogen-bond donors (Lipinski definition) is 2. The van der Waals surface area contributed by atoms with Gasteiger partial charge in [0.05, 0.1) is 5.02 Å². The van der Waals surface area contributed by atoms with Crippen LogP contribution in [0.5, 0.6) is 0 Å². The zero-order chi connectivity index (χ0) is 19.6. The predicted molar refractivity (Wildman–Crippen MR) is 107 cm³/mol. The maximum Gasteiger partial charge on any atom is 0.325 e. The number of nitrogens with one attached hydrogen (secondary N) is 2. The van der Waals surface area contributed by atoms with Crippen molar-refractivity contribution in [1.82, 2.24) is 10.6 Å².